The zero-order valence-corrected chi connectivity index (χ0v) is 9.45. The predicted molar refractivity (Wildman–Crippen MR) is 55.9 cm³/mol. The number of aromatic nitrogens is 4. The molecule has 2 heterocycles. The summed E-state index contributed by atoms with van der Waals surface area (Å²) >= 11 is 22.7. The summed E-state index contributed by atoms with van der Waals surface area (Å²) < 4.78 is -1.66. The van der Waals surface area contributed by atoms with Gasteiger partial charge in [0.1, 0.15) is 11.2 Å². The first-order valence-electron chi connectivity index (χ1n) is 3.42. The highest BCUT2D eigenvalue weighted by Gasteiger charge is 2.29. The number of imidazole rings is 1. The average Bonchev–Trinajstić information content (AvgIpc) is 2.47. The van der Waals surface area contributed by atoms with Crippen LogP contribution < -0.4 is 0 Å². The molecule has 0 amide bonds. The Kier molecular flexibility index (Phi) is 2.47. The number of halogens is 4. The van der Waals surface area contributed by atoms with Gasteiger partial charge in [-0.3, -0.25) is 0 Å². The zero-order valence-electron chi connectivity index (χ0n) is 6.43. The molecule has 8 heteroatoms. The summed E-state index contributed by atoms with van der Waals surface area (Å²) in [5.41, 5.74) is 1.02. The van der Waals surface area contributed by atoms with Gasteiger partial charge in [-0.05, 0) is 11.6 Å². The maximum Gasteiger partial charge on any atom is 0.234 e. The maximum absolute atomic E-state index is 5.70. The van der Waals surface area contributed by atoms with Crippen molar-refractivity contribution in [2.45, 2.75) is 3.79 Å². The van der Waals surface area contributed by atoms with Crippen molar-refractivity contribution in [3.8, 4) is 0 Å². The fourth-order valence-corrected chi connectivity index (χ4v) is 1.59. The number of rotatable bonds is 0. The number of H-pyrrole nitrogens is 1. The molecule has 0 saturated heterocycles. The lowest BCUT2D eigenvalue weighted by atomic mass is 10.4. The molecular weight excluding hydrogens is 270 g/mol. The summed E-state index contributed by atoms with van der Waals surface area (Å²) in [5, 5.41) is -0.00840. The van der Waals surface area contributed by atoms with E-state index in [1.165, 1.54) is 6.33 Å². The minimum absolute atomic E-state index is 0.00840. The topological polar surface area (TPSA) is 54.5 Å². The van der Waals surface area contributed by atoms with E-state index in [2.05, 4.69) is 19.9 Å². The molecule has 2 rings (SSSR count). The number of nitrogens with one attached hydrogen (secondary N) is 1. The second-order valence-corrected chi connectivity index (χ2v) is 5.06. The molecule has 2 aromatic rings. The van der Waals surface area contributed by atoms with Gasteiger partial charge in [-0.25, -0.2) is 9.97 Å². The lowest BCUT2D eigenvalue weighted by molar-refractivity contribution is 1.06. The van der Waals surface area contributed by atoms with E-state index >= 15 is 0 Å². The molecule has 0 unspecified atom stereocenters. The third kappa shape index (κ3) is 1.75. The SMILES string of the molecule is Clc1nc(C(Cl)(Cl)Cl)c2[nH]cnc2n1. The zero-order chi connectivity index (χ0) is 10.3. The van der Waals surface area contributed by atoms with Gasteiger partial charge >= 0.3 is 0 Å². The van der Waals surface area contributed by atoms with Crippen molar-refractivity contribution in [1.29, 1.82) is 0 Å². The third-order valence-electron chi connectivity index (χ3n) is 1.53. The van der Waals surface area contributed by atoms with Crippen LogP contribution in [0.2, 0.25) is 5.28 Å². The largest absolute Gasteiger partial charge is 0.342 e. The van der Waals surface area contributed by atoms with E-state index in [0.717, 1.165) is 0 Å². The van der Waals surface area contributed by atoms with Crippen molar-refractivity contribution < 1.29 is 0 Å². The van der Waals surface area contributed by atoms with Crippen molar-refractivity contribution >= 4 is 57.6 Å². The number of nitrogens with zero attached hydrogens (tertiary/aromatic N) is 3. The maximum atomic E-state index is 5.70. The molecule has 2 aromatic heterocycles. The van der Waals surface area contributed by atoms with E-state index in [1.54, 1.807) is 0 Å². The number of hydrogen-bond acceptors (Lipinski definition) is 3. The predicted octanol–water partition coefficient (Wildman–Crippen LogP) is 2.83. The van der Waals surface area contributed by atoms with Gasteiger partial charge in [0.05, 0.1) is 6.33 Å². The quantitative estimate of drug-likeness (QED) is 0.592. The van der Waals surface area contributed by atoms with Crippen LogP contribution in [-0.4, -0.2) is 19.9 Å². The first kappa shape index (κ1) is 10.2. The fourth-order valence-electron chi connectivity index (χ4n) is 1.01. The molecular formula is C6H2Cl4N4. The Bertz CT molecular complexity index is 474. The van der Waals surface area contributed by atoms with Gasteiger partial charge in [-0.1, -0.05) is 34.8 Å². The summed E-state index contributed by atoms with van der Waals surface area (Å²) in [6, 6.07) is 0. The van der Waals surface area contributed by atoms with Crippen molar-refractivity contribution in [3.05, 3.63) is 17.3 Å². The van der Waals surface area contributed by atoms with Crippen LogP contribution in [0.4, 0.5) is 0 Å². The molecule has 0 fully saturated rings. The van der Waals surface area contributed by atoms with Gasteiger partial charge in [0, 0.05) is 0 Å². The molecule has 0 radical (unpaired) electrons. The van der Waals surface area contributed by atoms with E-state index < -0.39 is 3.79 Å². The summed E-state index contributed by atoms with van der Waals surface area (Å²) in [6.45, 7) is 0. The summed E-state index contributed by atoms with van der Waals surface area (Å²) in [5.74, 6) is 0. The van der Waals surface area contributed by atoms with Gasteiger partial charge in [0.15, 0.2) is 5.65 Å². The Hall–Kier alpha value is -0.290. The summed E-state index contributed by atoms with van der Waals surface area (Å²) in [4.78, 5) is 14.3. The normalized spacial score (nSPS) is 12.3. The first-order chi connectivity index (χ1) is 6.48. The van der Waals surface area contributed by atoms with Gasteiger partial charge < -0.3 is 4.98 Å². The Morgan fingerprint density at radius 3 is 2.57 bits per heavy atom. The summed E-state index contributed by atoms with van der Waals surface area (Å²) in [7, 11) is 0. The molecule has 14 heavy (non-hydrogen) atoms. The van der Waals surface area contributed by atoms with Crippen LogP contribution in [0.5, 0.6) is 0 Å². The van der Waals surface area contributed by atoms with Crippen LogP contribution in [-0.2, 0) is 3.79 Å². The molecule has 0 atom stereocenters. The fraction of sp³-hybridized carbons (Fsp3) is 0.167. The molecule has 0 aliphatic carbocycles. The molecule has 0 spiro atoms. The van der Waals surface area contributed by atoms with Crippen LogP contribution in [0.15, 0.2) is 6.33 Å². The van der Waals surface area contributed by atoms with E-state index in [4.69, 9.17) is 46.4 Å². The number of alkyl halides is 3. The monoisotopic (exact) mass is 270 g/mol. The Balaban J connectivity index is 2.80. The molecule has 0 bridgehead atoms. The number of hydrogen-bond donors (Lipinski definition) is 1. The van der Waals surface area contributed by atoms with Crippen molar-refractivity contribution in [2.24, 2.45) is 0 Å². The Morgan fingerprint density at radius 1 is 1.21 bits per heavy atom. The van der Waals surface area contributed by atoms with Crippen LogP contribution in [0.25, 0.3) is 11.2 Å². The van der Waals surface area contributed by atoms with Crippen LogP contribution in [0.3, 0.4) is 0 Å². The van der Waals surface area contributed by atoms with Gasteiger partial charge in [-0.15, -0.1) is 0 Å². The summed E-state index contributed by atoms with van der Waals surface area (Å²) in [6.07, 6.45) is 1.43. The van der Waals surface area contributed by atoms with Crippen LogP contribution >= 0.6 is 46.4 Å². The third-order valence-corrected chi connectivity index (χ3v) is 2.23. The lowest BCUT2D eigenvalue weighted by Gasteiger charge is -2.10. The minimum atomic E-state index is -1.66. The number of aromatic amines is 1. The smallest absolute Gasteiger partial charge is 0.234 e. The van der Waals surface area contributed by atoms with Crippen LogP contribution in [0, 0.1) is 0 Å². The molecule has 1 N–H and O–H groups in total. The Morgan fingerprint density at radius 2 is 1.93 bits per heavy atom. The second kappa shape index (κ2) is 3.38. The molecule has 0 aliphatic rings. The van der Waals surface area contributed by atoms with Gasteiger partial charge in [0.25, 0.3) is 0 Å². The standard InChI is InChI=1S/C6H2Cl4N4/c7-5-13-3(6(8,9)10)2-4(14-5)12-1-11-2/h1H,(H,11,12,13,14). The van der Waals surface area contributed by atoms with Gasteiger partial charge in [0.2, 0.25) is 9.08 Å². The van der Waals surface area contributed by atoms with Gasteiger partial charge in [-0.2, -0.15) is 4.98 Å². The highest BCUT2D eigenvalue weighted by molar-refractivity contribution is 6.67. The highest BCUT2D eigenvalue weighted by atomic mass is 35.6. The Labute approximate surface area is 98.6 Å². The molecule has 0 aromatic carbocycles. The van der Waals surface area contributed by atoms with Crippen molar-refractivity contribution in [3.63, 3.8) is 0 Å². The molecule has 0 aliphatic heterocycles. The highest BCUT2D eigenvalue weighted by Crippen LogP contribution is 2.39. The van der Waals surface area contributed by atoms with E-state index in [1.807, 2.05) is 0 Å². The van der Waals surface area contributed by atoms with E-state index in [9.17, 15) is 0 Å². The lowest BCUT2D eigenvalue weighted by Crippen LogP contribution is -2.06. The van der Waals surface area contributed by atoms with E-state index in [-0.39, 0.29) is 11.0 Å². The molecule has 4 nitrogen and oxygen atoms in total. The minimum Gasteiger partial charge on any atom is -0.342 e. The van der Waals surface area contributed by atoms with Crippen molar-refractivity contribution in [2.75, 3.05) is 0 Å². The van der Waals surface area contributed by atoms with Crippen LogP contribution in [0.1, 0.15) is 5.69 Å². The first-order valence-corrected chi connectivity index (χ1v) is 4.93. The number of fused-ring (bicyclic) bond motifs is 1. The average molecular weight is 272 g/mol. The van der Waals surface area contributed by atoms with Crippen molar-refractivity contribution in [1.82, 2.24) is 19.9 Å². The van der Waals surface area contributed by atoms with E-state index in [0.29, 0.717) is 11.2 Å². The molecule has 0 saturated carbocycles. The second-order valence-electron chi connectivity index (χ2n) is 2.44. The molecule has 74 valence electrons.